The molecule has 3 rings (SSSR count). The van der Waals surface area contributed by atoms with Crippen LogP contribution in [0.1, 0.15) is 10.4 Å². The van der Waals surface area contributed by atoms with Gasteiger partial charge in [0.15, 0.2) is 4.80 Å². The van der Waals surface area contributed by atoms with Gasteiger partial charge in [0.2, 0.25) is 0 Å². The lowest BCUT2D eigenvalue weighted by Crippen LogP contribution is -2.16. The third kappa shape index (κ3) is 3.77. The number of nitrogens with zero attached hydrogens (tertiary/aromatic N) is 3. The third-order valence-electron chi connectivity index (χ3n) is 3.63. The molecule has 0 fully saturated rings. The summed E-state index contributed by atoms with van der Waals surface area (Å²) < 4.78 is 2.48. The molecule has 0 aliphatic heterocycles. The van der Waals surface area contributed by atoms with E-state index in [9.17, 15) is 14.9 Å². The SMILES string of the molecule is C=CCn1c(=NC(=O)c2cc([N+](=O)[O-])ccc2Cl)sc2ccc(Cl)c(Cl)c21. The zero-order valence-corrected chi connectivity index (χ0v) is 16.6. The number of carbonyl (C=O) groups excluding carboxylic acids is 1. The van der Waals surface area contributed by atoms with Crippen LogP contribution in [-0.4, -0.2) is 15.4 Å². The highest BCUT2D eigenvalue weighted by molar-refractivity contribution is 7.16. The smallest absolute Gasteiger partial charge is 0.281 e. The van der Waals surface area contributed by atoms with Crippen LogP contribution in [-0.2, 0) is 6.54 Å². The third-order valence-corrected chi connectivity index (χ3v) is 5.80. The van der Waals surface area contributed by atoms with Gasteiger partial charge in [-0.05, 0) is 18.2 Å². The first-order valence-electron chi connectivity index (χ1n) is 7.44. The largest absolute Gasteiger partial charge is 0.311 e. The van der Waals surface area contributed by atoms with E-state index in [1.807, 2.05) is 0 Å². The van der Waals surface area contributed by atoms with Crippen molar-refractivity contribution in [3.63, 3.8) is 0 Å². The van der Waals surface area contributed by atoms with Crippen molar-refractivity contribution in [2.75, 3.05) is 0 Å². The van der Waals surface area contributed by atoms with Crippen LogP contribution in [0.2, 0.25) is 15.1 Å². The molecule has 1 amide bonds. The van der Waals surface area contributed by atoms with Crippen LogP contribution in [0, 0.1) is 10.1 Å². The van der Waals surface area contributed by atoms with Gasteiger partial charge in [-0.1, -0.05) is 52.2 Å². The van der Waals surface area contributed by atoms with Gasteiger partial charge in [-0.25, -0.2) is 0 Å². The van der Waals surface area contributed by atoms with E-state index in [0.29, 0.717) is 26.9 Å². The molecule has 0 radical (unpaired) electrons. The number of aromatic nitrogens is 1. The lowest BCUT2D eigenvalue weighted by molar-refractivity contribution is -0.384. The summed E-state index contributed by atoms with van der Waals surface area (Å²) in [5, 5.41) is 11.7. The number of nitro benzene ring substituents is 1. The number of hydrogen-bond acceptors (Lipinski definition) is 4. The Morgan fingerprint density at radius 1 is 1.26 bits per heavy atom. The predicted octanol–water partition coefficient (Wildman–Crippen LogP) is 5.50. The van der Waals surface area contributed by atoms with Crippen LogP contribution < -0.4 is 4.80 Å². The number of benzene rings is 2. The van der Waals surface area contributed by atoms with Gasteiger partial charge in [0, 0.05) is 18.7 Å². The standard InChI is InChI=1S/C17H10Cl3N3O3S/c1-2-7-22-15-13(6-5-12(19)14(15)20)27-17(22)21-16(24)10-8-9(23(25)26)3-4-11(10)18/h2-6,8H,1,7H2. The fraction of sp³-hybridized carbons (Fsp3) is 0.0588. The topological polar surface area (TPSA) is 77.5 Å². The normalized spacial score (nSPS) is 11.7. The van der Waals surface area contributed by atoms with Crippen LogP contribution in [0.5, 0.6) is 0 Å². The van der Waals surface area contributed by atoms with Gasteiger partial charge in [0.05, 0.1) is 35.8 Å². The van der Waals surface area contributed by atoms with E-state index < -0.39 is 10.8 Å². The number of thiazole rings is 1. The molecule has 1 heterocycles. The Balaban J connectivity index is 2.21. The van der Waals surface area contributed by atoms with Crippen LogP contribution >= 0.6 is 46.1 Å². The number of non-ortho nitro benzene ring substituents is 1. The van der Waals surface area contributed by atoms with E-state index in [-0.39, 0.29) is 16.3 Å². The summed E-state index contributed by atoms with van der Waals surface area (Å²) in [5.41, 5.74) is 0.325. The van der Waals surface area contributed by atoms with E-state index in [1.165, 1.54) is 23.5 Å². The fourth-order valence-electron chi connectivity index (χ4n) is 2.42. The van der Waals surface area contributed by atoms with Gasteiger partial charge in [0.1, 0.15) is 0 Å². The summed E-state index contributed by atoms with van der Waals surface area (Å²) in [6, 6.07) is 7.05. The molecular weight excluding hydrogens is 433 g/mol. The van der Waals surface area contributed by atoms with E-state index in [0.717, 1.165) is 10.8 Å². The van der Waals surface area contributed by atoms with Crippen molar-refractivity contribution in [3.05, 3.63) is 78.5 Å². The molecule has 0 spiro atoms. The molecule has 10 heteroatoms. The Bertz CT molecular complexity index is 1170. The quantitative estimate of drug-likeness (QED) is 0.304. The molecular formula is C17H10Cl3N3O3S. The molecule has 3 aromatic rings. The van der Waals surface area contributed by atoms with Crippen LogP contribution in [0.25, 0.3) is 10.2 Å². The maximum absolute atomic E-state index is 12.6. The molecule has 0 saturated carbocycles. The van der Waals surface area contributed by atoms with Gasteiger partial charge in [-0.3, -0.25) is 14.9 Å². The molecule has 0 N–H and O–H groups in total. The van der Waals surface area contributed by atoms with Crippen LogP contribution in [0.15, 0.2) is 48.0 Å². The molecule has 1 aromatic heterocycles. The van der Waals surface area contributed by atoms with Gasteiger partial charge in [-0.2, -0.15) is 4.99 Å². The second-order valence-electron chi connectivity index (χ2n) is 5.33. The van der Waals surface area contributed by atoms with Crippen molar-refractivity contribution in [2.24, 2.45) is 4.99 Å². The average Bonchev–Trinajstić information content (AvgIpc) is 2.96. The second kappa shape index (κ2) is 7.82. The molecule has 138 valence electrons. The number of allylic oxidation sites excluding steroid dienone is 1. The van der Waals surface area contributed by atoms with Crippen molar-refractivity contribution >= 4 is 68.0 Å². The van der Waals surface area contributed by atoms with Gasteiger partial charge in [-0.15, -0.1) is 6.58 Å². The lowest BCUT2D eigenvalue weighted by Gasteiger charge is -2.04. The molecule has 0 unspecified atom stereocenters. The van der Waals surface area contributed by atoms with Gasteiger partial charge < -0.3 is 4.57 Å². The first-order valence-corrected chi connectivity index (χ1v) is 9.39. The molecule has 27 heavy (non-hydrogen) atoms. The highest BCUT2D eigenvalue weighted by Crippen LogP contribution is 2.32. The van der Waals surface area contributed by atoms with E-state index in [4.69, 9.17) is 34.8 Å². The summed E-state index contributed by atoms with van der Waals surface area (Å²) in [6.45, 7) is 4.05. The number of amides is 1. The summed E-state index contributed by atoms with van der Waals surface area (Å²) in [7, 11) is 0. The number of fused-ring (bicyclic) bond motifs is 1. The minimum atomic E-state index is -0.699. The van der Waals surface area contributed by atoms with E-state index in [2.05, 4.69) is 11.6 Å². The molecule has 0 saturated heterocycles. The average molecular weight is 443 g/mol. The lowest BCUT2D eigenvalue weighted by atomic mass is 10.2. The zero-order valence-electron chi connectivity index (χ0n) is 13.5. The maximum atomic E-state index is 12.6. The Morgan fingerprint density at radius 3 is 2.63 bits per heavy atom. The molecule has 0 atom stereocenters. The Kier molecular flexibility index (Phi) is 5.67. The van der Waals surface area contributed by atoms with E-state index in [1.54, 1.807) is 22.8 Å². The Labute approximate surface area is 172 Å². The van der Waals surface area contributed by atoms with Crippen molar-refractivity contribution < 1.29 is 9.72 Å². The minimum absolute atomic E-state index is 0.0578. The molecule has 2 aromatic carbocycles. The predicted molar refractivity (Wildman–Crippen MR) is 108 cm³/mol. The first-order chi connectivity index (χ1) is 12.8. The number of halogens is 3. The summed E-state index contributed by atoms with van der Waals surface area (Å²) in [4.78, 5) is 27.4. The number of hydrogen-bond donors (Lipinski definition) is 0. The van der Waals surface area contributed by atoms with Crippen LogP contribution in [0.3, 0.4) is 0 Å². The molecule has 0 aliphatic carbocycles. The summed E-state index contributed by atoms with van der Waals surface area (Å²) in [5.74, 6) is -0.699. The first kappa shape index (κ1) is 19.6. The molecule has 6 nitrogen and oxygen atoms in total. The van der Waals surface area contributed by atoms with Crippen molar-refractivity contribution in [3.8, 4) is 0 Å². The maximum Gasteiger partial charge on any atom is 0.281 e. The monoisotopic (exact) mass is 441 g/mol. The molecule has 0 aliphatic rings. The van der Waals surface area contributed by atoms with Crippen molar-refractivity contribution in [1.29, 1.82) is 0 Å². The molecule has 0 bridgehead atoms. The summed E-state index contributed by atoms with van der Waals surface area (Å²) in [6.07, 6.45) is 1.63. The van der Waals surface area contributed by atoms with Crippen LogP contribution in [0.4, 0.5) is 5.69 Å². The Hall–Kier alpha value is -2.19. The zero-order chi connectivity index (χ0) is 19.7. The van der Waals surface area contributed by atoms with Gasteiger partial charge >= 0.3 is 0 Å². The minimum Gasteiger partial charge on any atom is -0.311 e. The highest BCUT2D eigenvalue weighted by Gasteiger charge is 2.17. The van der Waals surface area contributed by atoms with Gasteiger partial charge in [0.25, 0.3) is 11.6 Å². The highest BCUT2D eigenvalue weighted by atomic mass is 35.5. The Morgan fingerprint density at radius 2 is 1.96 bits per heavy atom. The number of carbonyl (C=O) groups is 1. The number of rotatable bonds is 4. The number of nitro groups is 1. The second-order valence-corrected chi connectivity index (χ2v) is 7.53. The summed E-state index contributed by atoms with van der Waals surface area (Å²) >= 11 is 19.7. The van der Waals surface area contributed by atoms with Crippen molar-refractivity contribution in [1.82, 2.24) is 4.57 Å². The fourth-order valence-corrected chi connectivity index (χ4v) is 4.14. The van der Waals surface area contributed by atoms with E-state index >= 15 is 0 Å². The van der Waals surface area contributed by atoms with Crippen molar-refractivity contribution in [2.45, 2.75) is 6.54 Å².